The Bertz CT molecular complexity index is 4740. The van der Waals surface area contributed by atoms with Gasteiger partial charge < -0.3 is 0 Å². The van der Waals surface area contributed by atoms with Crippen LogP contribution in [0.2, 0.25) is 0 Å². The molecule has 0 aromatic heterocycles. The predicted molar refractivity (Wildman–Crippen MR) is 321 cm³/mol. The van der Waals surface area contributed by atoms with Gasteiger partial charge in [-0.25, -0.2) is 0 Å². The van der Waals surface area contributed by atoms with Crippen LogP contribution in [0.1, 0.15) is 0 Å². The van der Waals surface area contributed by atoms with Crippen molar-refractivity contribution in [2.24, 2.45) is 0 Å². The summed E-state index contributed by atoms with van der Waals surface area (Å²) in [5.41, 5.74) is 10.0. The molecule has 0 aliphatic carbocycles. The highest BCUT2D eigenvalue weighted by molar-refractivity contribution is 6.40. The van der Waals surface area contributed by atoms with E-state index in [-0.39, 0.29) is 0 Å². The summed E-state index contributed by atoms with van der Waals surface area (Å²) in [7, 11) is 0. The average Bonchev–Trinajstić information content (AvgIpc) is 3.50. The smallest absolute Gasteiger partial charge is 0.00139 e. The summed E-state index contributed by atoms with van der Waals surface area (Å²) in [5.74, 6) is 0. The fourth-order valence-electron chi connectivity index (χ4n) is 13.3. The highest BCUT2D eigenvalue weighted by Gasteiger charge is 2.24. The van der Waals surface area contributed by atoms with Crippen molar-refractivity contribution in [2.45, 2.75) is 0 Å². The molecule has 0 aliphatic rings. The van der Waals surface area contributed by atoms with Gasteiger partial charge in [0.1, 0.15) is 0 Å². The van der Waals surface area contributed by atoms with Gasteiger partial charge in [-0.2, -0.15) is 0 Å². The highest BCUT2D eigenvalue weighted by atomic mass is 14.3. The second-order valence-electron chi connectivity index (χ2n) is 20.1. The fraction of sp³-hybridized carbons (Fsp3) is 0. The van der Waals surface area contributed by atoms with E-state index in [4.69, 9.17) is 0 Å². The van der Waals surface area contributed by atoms with E-state index >= 15 is 0 Å². The van der Waals surface area contributed by atoms with E-state index in [1.807, 2.05) is 0 Å². The molecule has 16 aromatic rings. The molecule has 0 fully saturated rings. The van der Waals surface area contributed by atoms with Gasteiger partial charge in [0.15, 0.2) is 0 Å². The quantitative estimate of drug-likeness (QED) is 0.154. The second-order valence-corrected chi connectivity index (χ2v) is 20.1. The molecule has 0 nitrogen and oxygen atoms in total. The third-order valence-corrected chi connectivity index (χ3v) is 16.4. The first kappa shape index (κ1) is 41.0. The maximum atomic E-state index is 2.50. The third-order valence-electron chi connectivity index (χ3n) is 16.4. The van der Waals surface area contributed by atoms with Gasteiger partial charge in [0.2, 0.25) is 0 Å². The van der Waals surface area contributed by atoms with E-state index in [9.17, 15) is 0 Å². The normalized spacial score (nSPS) is 12.1. The molecule has 340 valence electrons. The summed E-state index contributed by atoms with van der Waals surface area (Å²) in [6.07, 6.45) is 0. The maximum absolute atomic E-state index is 2.50. The molecule has 0 unspecified atom stereocenters. The maximum Gasteiger partial charge on any atom is -0.00139 e. The Morgan fingerprint density at radius 2 is 0.405 bits per heavy atom. The predicted octanol–water partition coefficient (Wildman–Crippen LogP) is 21.0. The minimum atomic E-state index is 1.21. The van der Waals surface area contributed by atoms with Gasteiger partial charge in [0.05, 0.1) is 0 Å². The van der Waals surface area contributed by atoms with E-state index in [1.54, 1.807) is 0 Å². The summed E-state index contributed by atoms with van der Waals surface area (Å²) in [6.45, 7) is 0. The van der Waals surface area contributed by atoms with Gasteiger partial charge in [0.25, 0.3) is 0 Å². The SMILES string of the molecule is c1ccc2c(-c3c(-c4ccc5c(c4)c4ccccc4c4c6ccc(-c7c(-c8cccc9ccccc89)c8ccccc8c8ccccc78)cc6c6ccccc6c54)c4ccccc4c4ccccc34)cccc2c1. The molecule has 0 saturated heterocycles. The van der Waals surface area contributed by atoms with E-state index < -0.39 is 0 Å². The average molecular weight is 933 g/mol. The highest BCUT2D eigenvalue weighted by Crippen LogP contribution is 2.52. The topological polar surface area (TPSA) is 0 Å². The second kappa shape index (κ2) is 15.9. The molecular weight excluding hydrogens is 889 g/mol. The van der Waals surface area contributed by atoms with E-state index in [1.165, 1.54) is 163 Å². The zero-order valence-electron chi connectivity index (χ0n) is 40.4. The first-order valence-corrected chi connectivity index (χ1v) is 25.8. The Balaban J connectivity index is 1.01. The molecule has 16 aromatic carbocycles. The Labute approximate surface area is 427 Å². The van der Waals surface area contributed by atoms with Gasteiger partial charge in [-0.3, -0.25) is 0 Å². The van der Waals surface area contributed by atoms with Gasteiger partial charge in [0, 0.05) is 0 Å². The van der Waals surface area contributed by atoms with Crippen molar-refractivity contribution in [1.29, 1.82) is 0 Å². The first-order chi connectivity index (χ1) is 36.8. The van der Waals surface area contributed by atoms with Crippen LogP contribution in [0.3, 0.4) is 0 Å². The summed E-state index contributed by atoms with van der Waals surface area (Å²) in [6, 6.07) is 100. The van der Waals surface area contributed by atoms with Crippen LogP contribution in [-0.4, -0.2) is 0 Å². The summed E-state index contributed by atoms with van der Waals surface area (Å²) >= 11 is 0. The van der Waals surface area contributed by atoms with Crippen LogP contribution in [-0.2, 0) is 0 Å². The van der Waals surface area contributed by atoms with Gasteiger partial charge >= 0.3 is 0 Å². The Morgan fingerprint density at radius 3 is 0.770 bits per heavy atom. The largest absolute Gasteiger partial charge is 0.0616 e. The molecule has 74 heavy (non-hydrogen) atoms. The van der Waals surface area contributed by atoms with Crippen LogP contribution < -0.4 is 0 Å². The molecule has 16 rings (SSSR count). The fourth-order valence-corrected chi connectivity index (χ4v) is 13.3. The number of rotatable bonds is 4. The lowest BCUT2D eigenvalue weighted by Gasteiger charge is -2.22. The molecule has 0 atom stereocenters. The number of benzene rings is 16. The Morgan fingerprint density at radius 1 is 0.149 bits per heavy atom. The van der Waals surface area contributed by atoms with Crippen LogP contribution in [0.25, 0.3) is 163 Å². The number of fused-ring (bicyclic) bond motifs is 19. The lowest BCUT2D eigenvalue weighted by atomic mass is 9.81. The molecule has 0 amide bonds. The van der Waals surface area contributed by atoms with Crippen molar-refractivity contribution in [1.82, 2.24) is 0 Å². The van der Waals surface area contributed by atoms with Crippen molar-refractivity contribution in [3.8, 4) is 44.5 Å². The monoisotopic (exact) mass is 932 g/mol. The molecule has 0 spiro atoms. The van der Waals surface area contributed by atoms with E-state index in [0.717, 1.165) is 0 Å². The summed E-state index contributed by atoms with van der Waals surface area (Å²) < 4.78 is 0. The van der Waals surface area contributed by atoms with Crippen LogP contribution in [0.4, 0.5) is 0 Å². The van der Waals surface area contributed by atoms with Crippen LogP contribution >= 0.6 is 0 Å². The Hall–Kier alpha value is -9.62. The standard InChI is InChI=1S/C74H44/c1-3-23-49-45(19-1)21-17-37-57(49)71-61-33-13-7-27-53(61)51-25-5-11-31-59(51)69(71)47-39-41-65-67(43-47)55-29-9-15-35-63(55)74-66-42-40-48(44-68(66)56-30-10-16-36-64(56)73(65)74)70-60-32-12-6-26-52(60)54-28-8-14-34-62(54)72(70)58-38-18-22-46-20-2-4-24-50(46)58/h1-44H. The Kier molecular flexibility index (Phi) is 8.84. The van der Waals surface area contributed by atoms with Crippen molar-refractivity contribution >= 4 is 118 Å². The molecule has 0 aliphatic heterocycles. The van der Waals surface area contributed by atoms with Gasteiger partial charge in [-0.1, -0.05) is 255 Å². The first-order valence-electron chi connectivity index (χ1n) is 25.8. The molecule has 0 bridgehead atoms. The lowest BCUT2D eigenvalue weighted by molar-refractivity contribution is 1.67. The minimum Gasteiger partial charge on any atom is -0.0616 e. The summed E-state index contributed by atoms with van der Waals surface area (Å²) in [4.78, 5) is 0. The third kappa shape index (κ3) is 5.85. The molecule has 0 saturated carbocycles. The van der Waals surface area contributed by atoms with Crippen LogP contribution in [0.5, 0.6) is 0 Å². The van der Waals surface area contributed by atoms with Crippen LogP contribution in [0.15, 0.2) is 267 Å². The van der Waals surface area contributed by atoms with Gasteiger partial charge in [-0.05, 0) is 175 Å². The van der Waals surface area contributed by atoms with Crippen LogP contribution in [0, 0.1) is 0 Å². The molecular formula is C74H44. The lowest BCUT2D eigenvalue weighted by Crippen LogP contribution is -1.94. The number of hydrogen-bond donors (Lipinski definition) is 0. The van der Waals surface area contributed by atoms with Crippen molar-refractivity contribution in [3.63, 3.8) is 0 Å². The molecule has 0 radical (unpaired) electrons. The molecule has 0 heterocycles. The van der Waals surface area contributed by atoms with Crippen molar-refractivity contribution in [3.05, 3.63) is 267 Å². The summed E-state index contributed by atoms with van der Waals surface area (Å²) in [5, 5.41) is 27.8. The molecule has 0 heteroatoms. The minimum absolute atomic E-state index is 1.21. The molecule has 0 N–H and O–H groups in total. The zero-order chi connectivity index (χ0) is 48.4. The zero-order valence-corrected chi connectivity index (χ0v) is 40.4. The van der Waals surface area contributed by atoms with Gasteiger partial charge in [-0.15, -0.1) is 0 Å². The van der Waals surface area contributed by atoms with Crippen molar-refractivity contribution < 1.29 is 0 Å². The van der Waals surface area contributed by atoms with E-state index in [0.29, 0.717) is 0 Å². The number of hydrogen-bond acceptors (Lipinski definition) is 0. The van der Waals surface area contributed by atoms with Crippen molar-refractivity contribution in [2.75, 3.05) is 0 Å². The van der Waals surface area contributed by atoms with E-state index in [2.05, 4.69) is 267 Å².